The molecule has 0 amide bonds. The molecule has 2 aromatic rings. The molecule has 1 heterocycles. The molecule has 0 radical (unpaired) electrons. The minimum absolute atomic E-state index is 0.252. The molecule has 0 fully saturated rings. The highest BCUT2D eigenvalue weighted by atomic mass is 79.9. The summed E-state index contributed by atoms with van der Waals surface area (Å²) in [5, 5.41) is 2.99. The quantitative estimate of drug-likeness (QED) is 0.914. The molecule has 0 unspecified atom stereocenters. The first-order valence-corrected chi connectivity index (χ1v) is 5.71. The van der Waals surface area contributed by atoms with E-state index in [1.54, 1.807) is 18.2 Å². The van der Waals surface area contributed by atoms with Gasteiger partial charge in [-0.25, -0.2) is 14.4 Å². The minimum atomic E-state index is -0.252. The van der Waals surface area contributed by atoms with Gasteiger partial charge in [0.2, 0.25) is 0 Å². The second kappa shape index (κ2) is 5.09. The highest BCUT2D eigenvalue weighted by Gasteiger charge is 2.06. The maximum Gasteiger partial charge on any atom is 0.146 e. The molecule has 3 N–H and O–H groups in total. The van der Waals surface area contributed by atoms with Crippen LogP contribution in [0.1, 0.15) is 5.56 Å². The van der Waals surface area contributed by atoms with Crippen LogP contribution in [-0.2, 0) is 6.54 Å². The van der Waals surface area contributed by atoms with E-state index >= 15 is 0 Å². The van der Waals surface area contributed by atoms with Gasteiger partial charge in [0.15, 0.2) is 0 Å². The number of hydrogen-bond acceptors (Lipinski definition) is 4. The fraction of sp³-hybridized carbons (Fsp3) is 0.0909. The van der Waals surface area contributed by atoms with Gasteiger partial charge in [-0.1, -0.05) is 18.2 Å². The average Bonchev–Trinajstić information content (AvgIpc) is 2.33. The lowest BCUT2D eigenvalue weighted by Gasteiger charge is -2.08. The van der Waals surface area contributed by atoms with E-state index in [-0.39, 0.29) is 5.82 Å². The summed E-state index contributed by atoms with van der Waals surface area (Å²) in [7, 11) is 0. The topological polar surface area (TPSA) is 63.8 Å². The smallest absolute Gasteiger partial charge is 0.146 e. The molecule has 0 saturated carbocycles. The molecular formula is C11H10BrFN4. The van der Waals surface area contributed by atoms with Gasteiger partial charge in [0.05, 0.1) is 0 Å². The van der Waals surface area contributed by atoms with Crippen LogP contribution >= 0.6 is 15.9 Å². The van der Waals surface area contributed by atoms with E-state index in [0.29, 0.717) is 28.2 Å². The molecule has 0 aliphatic carbocycles. The maximum atomic E-state index is 13.4. The zero-order chi connectivity index (χ0) is 12.3. The molecule has 1 aromatic heterocycles. The lowest BCUT2D eigenvalue weighted by molar-refractivity contribution is 0.613. The van der Waals surface area contributed by atoms with Crippen LogP contribution in [0, 0.1) is 5.82 Å². The van der Waals surface area contributed by atoms with E-state index in [4.69, 9.17) is 5.73 Å². The van der Waals surface area contributed by atoms with E-state index in [2.05, 4.69) is 31.2 Å². The largest absolute Gasteiger partial charge is 0.383 e. The number of nitrogens with two attached hydrogens (primary N) is 1. The van der Waals surface area contributed by atoms with E-state index in [1.807, 2.05) is 0 Å². The summed E-state index contributed by atoms with van der Waals surface area (Å²) < 4.78 is 13.9. The van der Waals surface area contributed by atoms with Gasteiger partial charge in [0, 0.05) is 12.1 Å². The summed E-state index contributed by atoms with van der Waals surface area (Å²) in [4.78, 5) is 7.83. The monoisotopic (exact) mass is 296 g/mol. The van der Waals surface area contributed by atoms with Gasteiger partial charge in [-0.2, -0.15) is 0 Å². The lowest BCUT2D eigenvalue weighted by atomic mass is 10.2. The second-order valence-electron chi connectivity index (χ2n) is 3.37. The molecule has 0 aliphatic rings. The minimum Gasteiger partial charge on any atom is -0.383 e. The normalized spacial score (nSPS) is 10.2. The van der Waals surface area contributed by atoms with Crippen LogP contribution in [0.15, 0.2) is 35.1 Å². The van der Waals surface area contributed by atoms with E-state index in [1.165, 1.54) is 12.4 Å². The third-order valence-electron chi connectivity index (χ3n) is 2.22. The summed E-state index contributed by atoms with van der Waals surface area (Å²) >= 11 is 3.27. The van der Waals surface area contributed by atoms with Crippen LogP contribution in [0.3, 0.4) is 0 Å². The number of rotatable bonds is 3. The Morgan fingerprint density at radius 3 is 2.82 bits per heavy atom. The molecule has 0 spiro atoms. The van der Waals surface area contributed by atoms with Crippen molar-refractivity contribution < 1.29 is 4.39 Å². The molecule has 6 heteroatoms. The zero-order valence-electron chi connectivity index (χ0n) is 8.82. The number of aromatic nitrogens is 2. The fourth-order valence-electron chi connectivity index (χ4n) is 1.33. The van der Waals surface area contributed by atoms with E-state index in [0.717, 1.165) is 0 Å². The first-order chi connectivity index (χ1) is 8.18. The number of halogens is 2. The van der Waals surface area contributed by atoms with Gasteiger partial charge in [-0.15, -0.1) is 0 Å². The Hall–Kier alpha value is -1.69. The molecular weight excluding hydrogens is 287 g/mol. The summed E-state index contributed by atoms with van der Waals surface area (Å²) in [6.45, 7) is 0.335. The first kappa shape index (κ1) is 11.8. The van der Waals surface area contributed by atoms with Crippen molar-refractivity contribution in [1.82, 2.24) is 9.97 Å². The summed E-state index contributed by atoms with van der Waals surface area (Å²) in [5.41, 5.74) is 6.17. The molecule has 0 saturated heterocycles. The van der Waals surface area contributed by atoms with Gasteiger partial charge < -0.3 is 11.1 Å². The number of anilines is 2. The Kier molecular flexibility index (Phi) is 3.53. The standard InChI is InChI=1S/C11H10BrFN4/c12-9-10(14)16-6-17-11(9)15-5-7-3-1-2-4-8(7)13/h1-4,6H,5H2,(H3,14,15,16,17). The number of hydrogen-bond donors (Lipinski definition) is 2. The highest BCUT2D eigenvalue weighted by Crippen LogP contribution is 2.24. The van der Waals surface area contributed by atoms with E-state index < -0.39 is 0 Å². The predicted octanol–water partition coefficient (Wildman–Crippen LogP) is 2.57. The molecule has 0 bridgehead atoms. The van der Waals surface area contributed by atoms with Crippen LogP contribution in [0.25, 0.3) is 0 Å². The second-order valence-corrected chi connectivity index (χ2v) is 4.16. The molecule has 4 nitrogen and oxygen atoms in total. The Labute approximate surface area is 106 Å². The Morgan fingerprint density at radius 1 is 1.29 bits per heavy atom. The van der Waals surface area contributed by atoms with Crippen molar-refractivity contribution >= 4 is 27.6 Å². The van der Waals surface area contributed by atoms with Crippen molar-refractivity contribution in [2.75, 3.05) is 11.1 Å². The Bertz CT molecular complexity index is 533. The van der Waals surface area contributed by atoms with Crippen molar-refractivity contribution in [1.29, 1.82) is 0 Å². The Balaban J connectivity index is 2.13. The molecule has 17 heavy (non-hydrogen) atoms. The molecule has 0 aliphatic heterocycles. The number of nitrogens with one attached hydrogen (secondary N) is 1. The van der Waals surface area contributed by atoms with Gasteiger partial charge in [0.25, 0.3) is 0 Å². The summed E-state index contributed by atoms with van der Waals surface area (Å²) in [5.74, 6) is 0.634. The van der Waals surface area contributed by atoms with Crippen molar-refractivity contribution in [2.45, 2.75) is 6.54 Å². The summed E-state index contributed by atoms with van der Waals surface area (Å²) in [6, 6.07) is 6.56. The van der Waals surface area contributed by atoms with Gasteiger partial charge in [0.1, 0.15) is 28.3 Å². The number of nitrogens with zero attached hydrogens (tertiary/aromatic N) is 2. The van der Waals surface area contributed by atoms with Crippen LogP contribution in [-0.4, -0.2) is 9.97 Å². The van der Waals surface area contributed by atoms with Gasteiger partial charge in [-0.05, 0) is 22.0 Å². The van der Waals surface area contributed by atoms with Crippen molar-refractivity contribution in [3.8, 4) is 0 Å². The van der Waals surface area contributed by atoms with Crippen molar-refractivity contribution in [2.24, 2.45) is 0 Å². The SMILES string of the molecule is Nc1ncnc(NCc2ccccc2F)c1Br. The first-order valence-electron chi connectivity index (χ1n) is 4.91. The number of benzene rings is 1. The third-order valence-corrected chi connectivity index (χ3v) is 3.00. The highest BCUT2D eigenvalue weighted by molar-refractivity contribution is 9.10. The lowest BCUT2D eigenvalue weighted by Crippen LogP contribution is -2.05. The maximum absolute atomic E-state index is 13.4. The van der Waals surface area contributed by atoms with Crippen LogP contribution in [0.2, 0.25) is 0 Å². The van der Waals surface area contributed by atoms with Crippen molar-refractivity contribution in [3.63, 3.8) is 0 Å². The third kappa shape index (κ3) is 2.71. The van der Waals surface area contributed by atoms with E-state index in [9.17, 15) is 4.39 Å². The van der Waals surface area contributed by atoms with Crippen LogP contribution in [0.5, 0.6) is 0 Å². The van der Waals surface area contributed by atoms with Crippen LogP contribution in [0.4, 0.5) is 16.0 Å². The fourth-order valence-corrected chi connectivity index (χ4v) is 1.67. The summed E-state index contributed by atoms with van der Waals surface area (Å²) in [6.07, 6.45) is 1.35. The molecule has 0 atom stereocenters. The predicted molar refractivity (Wildman–Crippen MR) is 67.9 cm³/mol. The molecule has 1 aromatic carbocycles. The van der Waals surface area contributed by atoms with Gasteiger partial charge in [-0.3, -0.25) is 0 Å². The van der Waals surface area contributed by atoms with Gasteiger partial charge >= 0.3 is 0 Å². The zero-order valence-corrected chi connectivity index (χ0v) is 10.4. The van der Waals surface area contributed by atoms with Crippen molar-refractivity contribution in [3.05, 3.63) is 46.4 Å². The molecule has 88 valence electrons. The van der Waals surface area contributed by atoms with Crippen LogP contribution < -0.4 is 11.1 Å². The average molecular weight is 297 g/mol. The Morgan fingerprint density at radius 2 is 2.06 bits per heavy atom. The molecule has 2 rings (SSSR count). The number of nitrogen functional groups attached to an aromatic ring is 1.